The van der Waals surface area contributed by atoms with Gasteiger partial charge in [-0.1, -0.05) is 29.8 Å². The lowest BCUT2D eigenvalue weighted by Gasteiger charge is -2.31. The predicted octanol–water partition coefficient (Wildman–Crippen LogP) is 7.31. The molecule has 4 nitrogen and oxygen atoms in total. The van der Waals surface area contributed by atoms with E-state index in [1.165, 1.54) is 0 Å². The first-order chi connectivity index (χ1) is 14.9. The van der Waals surface area contributed by atoms with Gasteiger partial charge < -0.3 is 9.47 Å². The van der Waals surface area contributed by atoms with E-state index in [9.17, 15) is 4.79 Å². The second-order valence-corrected chi connectivity index (χ2v) is 10.6. The predicted molar refractivity (Wildman–Crippen MR) is 131 cm³/mol. The molecule has 3 aromatic rings. The summed E-state index contributed by atoms with van der Waals surface area (Å²) >= 11 is 6.17. The summed E-state index contributed by atoms with van der Waals surface area (Å²) in [5.41, 5.74) is 3.92. The number of fused-ring (bicyclic) bond motifs is 1. The number of rotatable bonds is 5. The molecule has 3 rings (SSSR count). The highest BCUT2D eigenvalue weighted by molar-refractivity contribution is 6.30. The maximum atomic E-state index is 12.6. The normalized spacial score (nSPS) is 13.2. The number of carbonyl (C=O) groups is 1. The van der Waals surface area contributed by atoms with E-state index in [1.54, 1.807) is 6.20 Å². The fourth-order valence-electron chi connectivity index (χ4n) is 3.68. The number of aryl methyl sites for hydroxylation is 1. The van der Waals surface area contributed by atoms with Crippen molar-refractivity contribution >= 4 is 28.5 Å². The van der Waals surface area contributed by atoms with Crippen molar-refractivity contribution in [2.75, 3.05) is 6.61 Å². The highest BCUT2D eigenvalue weighted by Crippen LogP contribution is 2.40. The first-order valence-corrected chi connectivity index (χ1v) is 11.2. The van der Waals surface area contributed by atoms with Crippen molar-refractivity contribution in [2.45, 2.75) is 60.2 Å². The third-order valence-corrected chi connectivity index (χ3v) is 5.34. The maximum absolute atomic E-state index is 12.6. The number of halogens is 1. The molecular formula is C27H32ClNO3. The van der Waals surface area contributed by atoms with Crippen molar-refractivity contribution < 1.29 is 14.3 Å². The molecule has 0 unspecified atom stereocenters. The van der Waals surface area contributed by atoms with Crippen LogP contribution in [0.1, 0.15) is 58.8 Å². The van der Waals surface area contributed by atoms with Gasteiger partial charge in [-0.2, -0.15) is 0 Å². The molecule has 0 radical (unpaired) electrons. The molecule has 5 heteroatoms. The Hall–Kier alpha value is -2.43. The molecule has 0 aliphatic carbocycles. The van der Waals surface area contributed by atoms with Crippen LogP contribution in [0.4, 0.5) is 0 Å². The van der Waals surface area contributed by atoms with Crippen LogP contribution >= 0.6 is 11.6 Å². The summed E-state index contributed by atoms with van der Waals surface area (Å²) in [6.07, 6.45) is 1.35. The molecule has 0 aliphatic rings. The molecule has 0 amide bonds. The molecule has 0 saturated heterocycles. The van der Waals surface area contributed by atoms with E-state index in [2.05, 4.69) is 17.1 Å². The Kier molecular flexibility index (Phi) is 6.97. The second kappa shape index (κ2) is 9.21. The number of hydrogen-bond acceptors (Lipinski definition) is 4. The minimum Gasteiger partial charge on any atom is -0.462 e. The molecule has 1 aromatic heterocycles. The average Bonchev–Trinajstić information content (AvgIpc) is 2.69. The molecule has 170 valence electrons. The van der Waals surface area contributed by atoms with Gasteiger partial charge >= 0.3 is 5.97 Å². The standard InChI is InChI=1S/C27H32ClNO3/c1-17-15-21-20(9-8-14-29-21)24(18-10-12-19(28)13-11-18)23(17)22(32-27(5,6)7)16-31-25(30)26(2,3)4/h8-15,22H,16H2,1-7H3/t22-/m1/s1. The third kappa shape index (κ3) is 5.67. The Morgan fingerprint density at radius 3 is 2.31 bits per heavy atom. The Bertz CT molecular complexity index is 1110. The number of nitrogens with zero attached hydrogens (tertiary/aromatic N) is 1. The number of carbonyl (C=O) groups excluding carboxylic acids is 1. The number of ether oxygens (including phenoxy) is 2. The number of aromatic nitrogens is 1. The fraction of sp³-hybridized carbons (Fsp3) is 0.407. The molecule has 0 N–H and O–H groups in total. The molecule has 0 fully saturated rings. The largest absolute Gasteiger partial charge is 0.462 e. The van der Waals surface area contributed by atoms with E-state index in [4.69, 9.17) is 21.1 Å². The average molecular weight is 454 g/mol. The van der Waals surface area contributed by atoms with Crippen LogP contribution in [-0.2, 0) is 14.3 Å². The summed E-state index contributed by atoms with van der Waals surface area (Å²) in [6.45, 7) is 13.7. The lowest BCUT2D eigenvalue weighted by Crippen LogP contribution is -2.30. The fourth-order valence-corrected chi connectivity index (χ4v) is 3.81. The van der Waals surface area contributed by atoms with E-state index in [0.29, 0.717) is 5.02 Å². The van der Waals surface area contributed by atoms with Gasteiger partial charge in [-0.15, -0.1) is 0 Å². The Morgan fingerprint density at radius 1 is 1.06 bits per heavy atom. The molecule has 0 saturated carbocycles. The monoisotopic (exact) mass is 453 g/mol. The van der Waals surface area contributed by atoms with Crippen LogP contribution in [0.2, 0.25) is 5.02 Å². The van der Waals surface area contributed by atoms with Crippen LogP contribution < -0.4 is 0 Å². The van der Waals surface area contributed by atoms with Crippen LogP contribution in [-0.4, -0.2) is 23.2 Å². The summed E-state index contributed by atoms with van der Waals surface area (Å²) in [5.74, 6) is -0.256. The summed E-state index contributed by atoms with van der Waals surface area (Å²) < 4.78 is 12.2. The molecule has 32 heavy (non-hydrogen) atoms. The van der Waals surface area contributed by atoms with Crippen LogP contribution in [0, 0.1) is 12.3 Å². The minimum absolute atomic E-state index is 0.126. The topological polar surface area (TPSA) is 48.4 Å². The summed E-state index contributed by atoms with van der Waals surface area (Å²) in [7, 11) is 0. The molecule has 1 atom stereocenters. The summed E-state index contributed by atoms with van der Waals surface area (Å²) in [5, 5.41) is 1.69. The first-order valence-electron chi connectivity index (χ1n) is 10.9. The molecule has 0 aliphatic heterocycles. The van der Waals surface area contributed by atoms with Crippen LogP contribution in [0.15, 0.2) is 48.7 Å². The zero-order valence-corrected chi connectivity index (χ0v) is 20.7. The SMILES string of the molecule is Cc1cc2ncccc2c(-c2ccc(Cl)cc2)c1[C@@H](COC(=O)C(C)(C)C)OC(C)(C)C. The smallest absolute Gasteiger partial charge is 0.311 e. The summed E-state index contributed by atoms with van der Waals surface area (Å²) in [6, 6.07) is 13.8. The van der Waals surface area contributed by atoms with Crippen LogP contribution in [0.25, 0.3) is 22.0 Å². The van der Waals surface area contributed by atoms with Gasteiger partial charge in [-0.25, -0.2) is 0 Å². The van der Waals surface area contributed by atoms with Gasteiger partial charge in [0, 0.05) is 16.6 Å². The van der Waals surface area contributed by atoms with Crippen molar-refractivity contribution in [3.8, 4) is 11.1 Å². The van der Waals surface area contributed by atoms with E-state index < -0.39 is 17.1 Å². The van der Waals surface area contributed by atoms with Crippen molar-refractivity contribution in [1.29, 1.82) is 0 Å². The highest BCUT2D eigenvalue weighted by Gasteiger charge is 2.30. The van der Waals surface area contributed by atoms with Crippen molar-refractivity contribution in [1.82, 2.24) is 4.98 Å². The zero-order valence-electron chi connectivity index (χ0n) is 20.0. The molecule has 2 aromatic carbocycles. The third-order valence-electron chi connectivity index (χ3n) is 5.08. The highest BCUT2D eigenvalue weighted by atomic mass is 35.5. The number of esters is 1. The zero-order chi connectivity index (χ0) is 23.7. The van der Waals surface area contributed by atoms with Gasteiger partial charge in [0.25, 0.3) is 0 Å². The van der Waals surface area contributed by atoms with Gasteiger partial charge in [0.2, 0.25) is 0 Å². The van der Waals surface area contributed by atoms with Crippen LogP contribution in [0.3, 0.4) is 0 Å². The quantitative estimate of drug-likeness (QED) is 0.380. The van der Waals surface area contributed by atoms with Crippen molar-refractivity contribution in [2.24, 2.45) is 5.41 Å². The van der Waals surface area contributed by atoms with Gasteiger partial charge in [0.05, 0.1) is 16.5 Å². The lowest BCUT2D eigenvalue weighted by atomic mass is 9.88. The van der Waals surface area contributed by atoms with Gasteiger partial charge in [-0.3, -0.25) is 9.78 Å². The van der Waals surface area contributed by atoms with Crippen molar-refractivity contribution in [3.63, 3.8) is 0 Å². The Morgan fingerprint density at radius 2 is 1.72 bits per heavy atom. The number of pyridine rings is 1. The van der Waals surface area contributed by atoms with Gasteiger partial charge in [-0.05, 0) is 95.0 Å². The van der Waals surface area contributed by atoms with E-state index >= 15 is 0 Å². The molecule has 0 bridgehead atoms. The second-order valence-electron chi connectivity index (χ2n) is 10.1. The first kappa shape index (κ1) is 24.2. The molecular weight excluding hydrogens is 422 g/mol. The minimum atomic E-state index is -0.590. The summed E-state index contributed by atoms with van der Waals surface area (Å²) in [4.78, 5) is 17.1. The molecule has 0 spiro atoms. The maximum Gasteiger partial charge on any atom is 0.311 e. The Labute approximate surface area is 195 Å². The van der Waals surface area contributed by atoms with Crippen molar-refractivity contribution in [3.05, 3.63) is 64.8 Å². The number of benzene rings is 2. The molecule has 1 heterocycles. The Balaban J connectivity index is 2.21. The van der Waals surface area contributed by atoms with E-state index in [0.717, 1.165) is 33.2 Å². The lowest BCUT2D eigenvalue weighted by molar-refractivity contribution is -0.162. The van der Waals surface area contributed by atoms with Crippen LogP contribution in [0.5, 0.6) is 0 Å². The van der Waals surface area contributed by atoms with Gasteiger partial charge in [0.1, 0.15) is 12.7 Å². The number of hydrogen-bond donors (Lipinski definition) is 0. The van der Waals surface area contributed by atoms with E-state index in [-0.39, 0.29) is 12.6 Å². The van der Waals surface area contributed by atoms with Gasteiger partial charge in [0.15, 0.2) is 0 Å². The van der Waals surface area contributed by atoms with E-state index in [1.807, 2.05) is 78.8 Å².